The molecule has 4 heteroatoms. The largest absolute Gasteiger partial charge is 0.490 e. The van der Waals surface area contributed by atoms with Gasteiger partial charge in [-0.25, -0.2) is 0 Å². The van der Waals surface area contributed by atoms with Crippen molar-refractivity contribution >= 4 is 5.69 Å². The van der Waals surface area contributed by atoms with E-state index in [1.807, 2.05) is 43.3 Å². The minimum atomic E-state index is -0.729. The summed E-state index contributed by atoms with van der Waals surface area (Å²) < 4.78 is 11.1. The Morgan fingerprint density at radius 2 is 1.75 bits per heavy atom. The molecule has 3 N–H and O–H groups in total. The summed E-state index contributed by atoms with van der Waals surface area (Å²) in [5, 5.41) is 10.1. The fourth-order valence-corrected chi connectivity index (χ4v) is 1.88. The first-order chi connectivity index (χ1) is 9.70. The lowest BCUT2D eigenvalue weighted by molar-refractivity contribution is 0.106. The van der Waals surface area contributed by atoms with Crippen LogP contribution in [0.15, 0.2) is 48.5 Å². The van der Waals surface area contributed by atoms with E-state index in [0.29, 0.717) is 23.8 Å². The molecule has 1 atom stereocenters. The van der Waals surface area contributed by atoms with E-state index in [1.165, 1.54) is 0 Å². The monoisotopic (exact) mass is 273 g/mol. The van der Waals surface area contributed by atoms with Crippen molar-refractivity contribution in [2.45, 2.75) is 13.0 Å². The highest BCUT2D eigenvalue weighted by Gasteiger charge is 2.10. The van der Waals surface area contributed by atoms with E-state index in [0.717, 1.165) is 5.56 Å². The molecule has 2 aromatic carbocycles. The SMILES string of the molecule is CCOc1ccccc1OCC(O)c1cccc(N)c1. The van der Waals surface area contributed by atoms with E-state index < -0.39 is 6.10 Å². The summed E-state index contributed by atoms with van der Waals surface area (Å²) in [6, 6.07) is 14.5. The van der Waals surface area contributed by atoms with Crippen LogP contribution >= 0.6 is 0 Å². The predicted octanol–water partition coefficient (Wildman–Crippen LogP) is 2.78. The number of benzene rings is 2. The Labute approximate surface area is 118 Å². The van der Waals surface area contributed by atoms with Crippen LogP contribution in [0, 0.1) is 0 Å². The van der Waals surface area contributed by atoms with Crippen LogP contribution < -0.4 is 15.2 Å². The quantitative estimate of drug-likeness (QED) is 0.794. The van der Waals surface area contributed by atoms with E-state index in [2.05, 4.69) is 0 Å². The van der Waals surface area contributed by atoms with Crippen molar-refractivity contribution in [1.82, 2.24) is 0 Å². The molecule has 0 spiro atoms. The van der Waals surface area contributed by atoms with Gasteiger partial charge in [-0.1, -0.05) is 24.3 Å². The van der Waals surface area contributed by atoms with Gasteiger partial charge in [-0.15, -0.1) is 0 Å². The van der Waals surface area contributed by atoms with E-state index >= 15 is 0 Å². The zero-order valence-electron chi connectivity index (χ0n) is 11.5. The summed E-state index contributed by atoms with van der Waals surface area (Å²) in [5.74, 6) is 1.30. The van der Waals surface area contributed by atoms with Crippen LogP contribution in [0.3, 0.4) is 0 Å². The highest BCUT2D eigenvalue weighted by molar-refractivity contribution is 5.42. The third-order valence-electron chi connectivity index (χ3n) is 2.84. The first-order valence-corrected chi connectivity index (χ1v) is 6.59. The molecule has 2 aromatic rings. The number of anilines is 1. The average molecular weight is 273 g/mol. The smallest absolute Gasteiger partial charge is 0.161 e. The predicted molar refractivity (Wildman–Crippen MR) is 78.9 cm³/mol. The molecule has 0 aliphatic carbocycles. The van der Waals surface area contributed by atoms with Gasteiger partial charge in [0.1, 0.15) is 12.7 Å². The summed E-state index contributed by atoms with van der Waals surface area (Å²) in [6.45, 7) is 2.63. The number of hydrogen-bond acceptors (Lipinski definition) is 4. The number of rotatable bonds is 6. The highest BCUT2D eigenvalue weighted by atomic mass is 16.5. The minimum Gasteiger partial charge on any atom is -0.490 e. The fraction of sp³-hybridized carbons (Fsp3) is 0.250. The minimum absolute atomic E-state index is 0.146. The molecule has 0 amide bonds. The second-order valence-electron chi connectivity index (χ2n) is 4.38. The Bertz CT molecular complexity index is 557. The molecule has 4 nitrogen and oxygen atoms in total. The van der Waals surface area contributed by atoms with Crippen LogP contribution in [0.2, 0.25) is 0 Å². The van der Waals surface area contributed by atoms with Crippen molar-refractivity contribution in [3.63, 3.8) is 0 Å². The lowest BCUT2D eigenvalue weighted by Gasteiger charge is -2.15. The molecule has 0 radical (unpaired) electrons. The maximum atomic E-state index is 10.1. The van der Waals surface area contributed by atoms with Gasteiger partial charge < -0.3 is 20.3 Å². The molecule has 0 heterocycles. The Morgan fingerprint density at radius 1 is 1.05 bits per heavy atom. The van der Waals surface area contributed by atoms with Gasteiger partial charge in [-0.05, 0) is 36.8 Å². The summed E-state index contributed by atoms with van der Waals surface area (Å²) in [6.07, 6.45) is -0.729. The van der Waals surface area contributed by atoms with Crippen molar-refractivity contribution in [3.8, 4) is 11.5 Å². The summed E-state index contributed by atoms with van der Waals surface area (Å²) in [4.78, 5) is 0. The van der Waals surface area contributed by atoms with Crippen molar-refractivity contribution in [1.29, 1.82) is 0 Å². The van der Waals surface area contributed by atoms with Crippen molar-refractivity contribution in [3.05, 3.63) is 54.1 Å². The molecule has 0 aromatic heterocycles. The number of aliphatic hydroxyl groups is 1. The topological polar surface area (TPSA) is 64.7 Å². The molecular formula is C16H19NO3. The number of hydrogen-bond donors (Lipinski definition) is 2. The van der Waals surface area contributed by atoms with E-state index in [4.69, 9.17) is 15.2 Å². The van der Waals surface area contributed by atoms with Crippen LogP contribution in [0.1, 0.15) is 18.6 Å². The number of ether oxygens (including phenoxy) is 2. The lowest BCUT2D eigenvalue weighted by Crippen LogP contribution is -2.10. The first kappa shape index (κ1) is 14.2. The molecule has 0 aliphatic heterocycles. The van der Waals surface area contributed by atoms with Crippen LogP contribution in [0.4, 0.5) is 5.69 Å². The lowest BCUT2D eigenvalue weighted by atomic mass is 10.1. The Balaban J connectivity index is 2.01. The number of aliphatic hydroxyl groups excluding tert-OH is 1. The second kappa shape index (κ2) is 6.82. The molecule has 0 saturated heterocycles. The normalized spacial score (nSPS) is 11.9. The Hall–Kier alpha value is -2.20. The molecule has 0 aliphatic rings. The average Bonchev–Trinajstić information content (AvgIpc) is 2.46. The van der Waals surface area contributed by atoms with E-state index in [-0.39, 0.29) is 6.61 Å². The summed E-state index contributed by atoms with van der Waals surface area (Å²) in [7, 11) is 0. The zero-order chi connectivity index (χ0) is 14.4. The molecule has 2 rings (SSSR count). The molecule has 20 heavy (non-hydrogen) atoms. The van der Waals surface area contributed by atoms with Gasteiger partial charge in [0.2, 0.25) is 0 Å². The molecule has 1 unspecified atom stereocenters. The van der Waals surface area contributed by atoms with Gasteiger partial charge in [-0.2, -0.15) is 0 Å². The highest BCUT2D eigenvalue weighted by Crippen LogP contribution is 2.27. The third-order valence-corrected chi connectivity index (χ3v) is 2.84. The summed E-state index contributed by atoms with van der Waals surface area (Å²) >= 11 is 0. The van der Waals surface area contributed by atoms with Gasteiger partial charge in [0.05, 0.1) is 6.61 Å². The van der Waals surface area contributed by atoms with Crippen molar-refractivity contribution < 1.29 is 14.6 Å². The van der Waals surface area contributed by atoms with Crippen LogP contribution in [-0.2, 0) is 0 Å². The van der Waals surface area contributed by atoms with Crippen molar-refractivity contribution in [2.75, 3.05) is 18.9 Å². The number of para-hydroxylation sites is 2. The molecule has 0 saturated carbocycles. The standard InChI is InChI=1S/C16H19NO3/c1-2-19-15-8-3-4-9-16(15)20-11-14(18)12-6-5-7-13(17)10-12/h3-10,14,18H,2,11,17H2,1H3. The van der Waals surface area contributed by atoms with Crippen LogP contribution in [-0.4, -0.2) is 18.3 Å². The molecule has 0 fully saturated rings. The number of nitrogens with two attached hydrogens (primary N) is 1. The van der Waals surface area contributed by atoms with Gasteiger partial charge in [-0.3, -0.25) is 0 Å². The molecule has 106 valence electrons. The number of nitrogen functional groups attached to an aromatic ring is 1. The van der Waals surface area contributed by atoms with E-state index in [1.54, 1.807) is 12.1 Å². The van der Waals surface area contributed by atoms with Crippen molar-refractivity contribution in [2.24, 2.45) is 0 Å². The third kappa shape index (κ3) is 3.65. The second-order valence-corrected chi connectivity index (χ2v) is 4.38. The van der Waals surface area contributed by atoms with Crippen LogP contribution in [0.5, 0.6) is 11.5 Å². The fourth-order valence-electron chi connectivity index (χ4n) is 1.88. The van der Waals surface area contributed by atoms with Gasteiger partial charge in [0.15, 0.2) is 11.5 Å². The first-order valence-electron chi connectivity index (χ1n) is 6.59. The Morgan fingerprint density at radius 3 is 2.40 bits per heavy atom. The van der Waals surface area contributed by atoms with Gasteiger partial charge in [0.25, 0.3) is 0 Å². The van der Waals surface area contributed by atoms with Gasteiger partial charge in [0, 0.05) is 5.69 Å². The van der Waals surface area contributed by atoms with Crippen LogP contribution in [0.25, 0.3) is 0 Å². The van der Waals surface area contributed by atoms with Gasteiger partial charge >= 0.3 is 0 Å². The molecular weight excluding hydrogens is 254 g/mol. The van der Waals surface area contributed by atoms with E-state index in [9.17, 15) is 5.11 Å². The maximum absolute atomic E-state index is 10.1. The Kier molecular flexibility index (Phi) is 4.85. The zero-order valence-corrected chi connectivity index (χ0v) is 11.5. The summed E-state index contributed by atoms with van der Waals surface area (Å²) in [5.41, 5.74) is 7.05. The maximum Gasteiger partial charge on any atom is 0.161 e. The molecule has 0 bridgehead atoms.